The van der Waals surface area contributed by atoms with Crippen LogP contribution >= 0.6 is 0 Å². The number of nitrogens with two attached hydrogens (primary N) is 2. The van der Waals surface area contributed by atoms with Gasteiger partial charge in [0.05, 0.1) is 4.91 Å². The summed E-state index contributed by atoms with van der Waals surface area (Å²) in [6, 6.07) is 0.170. The second-order valence-corrected chi connectivity index (χ2v) is 7.38. The predicted octanol–water partition coefficient (Wildman–Crippen LogP) is 0.679. The number of hydrogen-bond donors (Lipinski definition) is 3. The Labute approximate surface area is 131 Å². The zero-order valence-electron chi connectivity index (χ0n) is 12.5. The first-order valence-electron chi connectivity index (χ1n) is 7.50. The van der Waals surface area contributed by atoms with Crippen LogP contribution in [-0.4, -0.2) is 26.9 Å². The van der Waals surface area contributed by atoms with Crippen molar-refractivity contribution < 1.29 is 13.2 Å². The monoisotopic (exact) mass is 325 g/mol. The maximum Gasteiger partial charge on any atom is 0.246 e. The Morgan fingerprint density at radius 2 is 2.09 bits per heavy atom. The van der Waals surface area contributed by atoms with E-state index >= 15 is 0 Å². The Balaban J connectivity index is 1.73. The molecule has 122 valence electrons. The first-order valence-corrected chi connectivity index (χ1v) is 9.05. The van der Waals surface area contributed by atoms with Gasteiger partial charge in [0, 0.05) is 18.2 Å². The van der Waals surface area contributed by atoms with E-state index in [1.165, 1.54) is 6.08 Å². The summed E-state index contributed by atoms with van der Waals surface area (Å²) in [6.07, 6.45) is 10.7. The first kappa shape index (κ1) is 16.9. The first-order chi connectivity index (χ1) is 10.4. The van der Waals surface area contributed by atoms with Crippen LogP contribution in [0.5, 0.6) is 0 Å². The summed E-state index contributed by atoms with van der Waals surface area (Å²) in [6.45, 7) is 0.565. The third kappa shape index (κ3) is 4.79. The van der Waals surface area contributed by atoms with E-state index in [-0.39, 0.29) is 22.8 Å². The number of nitrogens with one attached hydrogen (secondary N) is 1. The van der Waals surface area contributed by atoms with Gasteiger partial charge >= 0.3 is 0 Å². The number of rotatable bonds is 5. The molecular formula is C15H23N3O3S. The minimum atomic E-state index is -3.62. The molecule has 2 aliphatic rings. The normalized spacial score (nSPS) is 25.4. The molecule has 7 heteroatoms. The standard InChI is InChI=1S/C15H23N3O3S/c16-13-5-3-12(4-6-13)15(19)18-10-9-11-1-7-14(8-2-11)22(17,20)21/h1,3,7-8,11,13H,2,4-6,9-10,16H2,(H,18,19)(H2,17,20,21). The predicted molar refractivity (Wildman–Crippen MR) is 86.0 cm³/mol. The summed E-state index contributed by atoms with van der Waals surface area (Å²) in [5, 5.41) is 7.98. The number of carbonyl (C=O) groups excluding carboxylic acids is 1. The van der Waals surface area contributed by atoms with Crippen LogP contribution < -0.4 is 16.2 Å². The van der Waals surface area contributed by atoms with Crippen molar-refractivity contribution in [3.8, 4) is 0 Å². The molecule has 22 heavy (non-hydrogen) atoms. The lowest BCUT2D eigenvalue weighted by Crippen LogP contribution is -2.30. The molecule has 0 aromatic heterocycles. The molecule has 2 rings (SSSR count). The maximum absolute atomic E-state index is 12.0. The van der Waals surface area contributed by atoms with Gasteiger partial charge in [0.1, 0.15) is 0 Å². The average molecular weight is 325 g/mol. The molecule has 0 saturated carbocycles. The molecule has 5 N–H and O–H groups in total. The molecule has 0 bridgehead atoms. The molecule has 2 unspecified atom stereocenters. The van der Waals surface area contributed by atoms with Crippen LogP contribution in [0.4, 0.5) is 0 Å². The van der Waals surface area contributed by atoms with Crippen molar-refractivity contribution in [3.05, 3.63) is 34.8 Å². The largest absolute Gasteiger partial charge is 0.352 e. The van der Waals surface area contributed by atoms with Gasteiger partial charge in [-0.3, -0.25) is 4.79 Å². The van der Waals surface area contributed by atoms with Crippen LogP contribution in [-0.2, 0) is 14.8 Å². The number of allylic oxidation sites excluding steroid dienone is 3. The Hall–Kier alpha value is -1.44. The van der Waals surface area contributed by atoms with E-state index in [4.69, 9.17) is 10.9 Å². The highest BCUT2D eigenvalue weighted by Crippen LogP contribution is 2.21. The van der Waals surface area contributed by atoms with Gasteiger partial charge in [-0.2, -0.15) is 0 Å². The van der Waals surface area contributed by atoms with Crippen molar-refractivity contribution in [2.75, 3.05) is 6.54 Å². The second kappa shape index (κ2) is 7.21. The summed E-state index contributed by atoms with van der Waals surface area (Å²) in [7, 11) is -3.62. The highest BCUT2D eigenvalue weighted by Gasteiger charge is 2.17. The van der Waals surface area contributed by atoms with E-state index in [2.05, 4.69) is 5.32 Å². The maximum atomic E-state index is 12.0. The van der Waals surface area contributed by atoms with Gasteiger partial charge in [-0.1, -0.05) is 18.2 Å². The van der Waals surface area contributed by atoms with Crippen LogP contribution in [0.2, 0.25) is 0 Å². The van der Waals surface area contributed by atoms with Crippen LogP contribution in [0.1, 0.15) is 32.1 Å². The van der Waals surface area contributed by atoms with Gasteiger partial charge in [-0.15, -0.1) is 0 Å². The molecule has 6 nitrogen and oxygen atoms in total. The third-order valence-corrected chi connectivity index (χ3v) is 4.99. The second-order valence-electron chi connectivity index (χ2n) is 5.81. The molecule has 0 fully saturated rings. The molecule has 0 heterocycles. The summed E-state index contributed by atoms with van der Waals surface area (Å²) in [5.74, 6) is 0.201. The number of amides is 1. The average Bonchev–Trinajstić information content (AvgIpc) is 2.47. The molecule has 0 spiro atoms. The number of sulfonamides is 1. The van der Waals surface area contributed by atoms with E-state index < -0.39 is 10.0 Å². The summed E-state index contributed by atoms with van der Waals surface area (Å²) >= 11 is 0. The van der Waals surface area contributed by atoms with E-state index in [1.807, 2.05) is 12.2 Å². The SMILES string of the molecule is NC1CC=C(C(=O)NCCC2C=CC(S(N)(=O)=O)=CC2)CC1. The molecule has 1 amide bonds. The Morgan fingerprint density at radius 3 is 2.64 bits per heavy atom. The van der Waals surface area contributed by atoms with Crippen LogP contribution in [0.3, 0.4) is 0 Å². The minimum Gasteiger partial charge on any atom is -0.352 e. The van der Waals surface area contributed by atoms with Gasteiger partial charge in [-0.25, -0.2) is 13.6 Å². The van der Waals surface area contributed by atoms with Gasteiger partial charge < -0.3 is 11.1 Å². The number of carbonyl (C=O) groups is 1. The number of hydrogen-bond acceptors (Lipinski definition) is 4. The van der Waals surface area contributed by atoms with Gasteiger partial charge in [0.15, 0.2) is 0 Å². The lowest BCUT2D eigenvalue weighted by molar-refractivity contribution is -0.117. The smallest absolute Gasteiger partial charge is 0.246 e. The number of primary sulfonamides is 1. The molecule has 0 aromatic rings. The van der Waals surface area contributed by atoms with Crippen molar-refractivity contribution in [2.24, 2.45) is 16.8 Å². The lowest BCUT2D eigenvalue weighted by Gasteiger charge is -2.19. The van der Waals surface area contributed by atoms with Crippen molar-refractivity contribution in [2.45, 2.75) is 38.1 Å². The fourth-order valence-electron chi connectivity index (χ4n) is 2.62. The van der Waals surface area contributed by atoms with E-state index in [0.717, 1.165) is 31.3 Å². The van der Waals surface area contributed by atoms with Gasteiger partial charge in [-0.05, 0) is 44.1 Å². The molecule has 0 radical (unpaired) electrons. The van der Waals surface area contributed by atoms with E-state index in [1.54, 1.807) is 6.08 Å². The highest BCUT2D eigenvalue weighted by molar-refractivity contribution is 7.93. The third-order valence-electron chi connectivity index (χ3n) is 4.03. The van der Waals surface area contributed by atoms with Crippen LogP contribution in [0.25, 0.3) is 0 Å². The molecular weight excluding hydrogens is 302 g/mol. The van der Waals surface area contributed by atoms with E-state index in [9.17, 15) is 13.2 Å². The topological polar surface area (TPSA) is 115 Å². The van der Waals surface area contributed by atoms with Crippen molar-refractivity contribution >= 4 is 15.9 Å². The minimum absolute atomic E-state index is 0.0209. The lowest BCUT2D eigenvalue weighted by atomic mass is 9.95. The Kier molecular flexibility index (Phi) is 5.55. The van der Waals surface area contributed by atoms with Crippen LogP contribution in [0, 0.1) is 5.92 Å². The Morgan fingerprint density at radius 1 is 1.32 bits per heavy atom. The van der Waals surface area contributed by atoms with Crippen LogP contribution in [0.15, 0.2) is 34.8 Å². The zero-order valence-corrected chi connectivity index (χ0v) is 13.3. The quantitative estimate of drug-likeness (QED) is 0.689. The molecule has 0 aliphatic heterocycles. The van der Waals surface area contributed by atoms with Gasteiger partial charge in [0.25, 0.3) is 0 Å². The fraction of sp³-hybridized carbons (Fsp3) is 0.533. The molecule has 2 aliphatic carbocycles. The van der Waals surface area contributed by atoms with Gasteiger partial charge in [0.2, 0.25) is 15.9 Å². The highest BCUT2D eigenvalue weighted by atomic mass is 32.2. The van der Waals surface area contributed by atoms with Crippen molar-refractivity contribution in [3.63, 3.8) is 0 Å². The molecule has 0 aromatic carbocycles. The molecule has 0 saturated heterocycles. The molecule has 2 atom stereocenters. The van der Waals surface area contributed by atoms with Crippen molar-refractivity contribution in [1.29, 1.82) is 0 Å². The Bertz CT molecular complexity index is 620. The summed E-state index contributed by atoms with van der Waals surface area (Å²) < 4.78 is 22.4. The van der Waals surface area contributed by atoms with E-state index in [0.29, 0.717) is 13.0 Å². The zero-order chi connectivity index (χ0) is 16.2. The van der Waals surface area contributed by atoms with Crippen molar-refractivity contribution in [1.82, 2.24) is 5.32 Å². The fourth-order valence-corrected chi connectivity index (χ4v) is 3.21. The summed E-state index contributed by atoms with van der Waals surface area (Å²) in [5.41, 5.74) is 6.61. The summed E-state index contributed by atoms with van der Waals surface area (Å²) in [4.78, 5) is 12.1.